The number of amides is 1. The van der Waals surface area contributed by atoms with Gasteiger partial charge in [-0.1, -0.05) is 18.2 Å². The lowest BCUT2D eigenvalue weighted by Gasteiger charge is -2.18. The lowest BCUT2D eigenvalue weighted by molar-refractivity contribution is 0.0785. The van der Waals surface area contributed by atoms with Gasteiger partial charge in [0.25, 0.3) is 15.9 Å². The summed E-state index contributed by atoms with van der Waals surface area (Å²) in [6.07, 6.45) is 0. The maximum Gasteiger partial charge on any atom is 0.261 e. The van der Waals surface area contributed by atoms with Gasteiger partial charge < -0.3 is 9.64 Å². The molecule has 1 amide bonds. The van der Waals surface area contributed by atoms with Crippen LogP contribution in [-0.4, -0.2) is 32.9 Å². The van der Waals surface area contributed by atoms with Crippen molar-refractivity contribution in [2.24, 2.45) is 0 Å². The molecule has 0 bridgehead atoms. The van der Waals surface area contributed by atoms with Gasteiger partial charge in [0.2, 0.25) is 0 Å². The van der Waals surface area contributed by atoms with E-state index >= 15 is 0 Å². The zero-order valence-corrected chi connectivity index (χ0v) is 18.0. The van der Waals surface area contributed by atoms with Gasteiger partial charge >= 0.3 is 0 Å². The molecule has 0 radical (unpaired) electrons. The number of hydrogen-bond donors (Lipinski definition) is 1. The van der Waals surface area contributed by atoms with Crippen molar-refractivity contribution >= 4 is 21.6 Å². The van der Waals surface area contributed by atoms with E-state index in [9.17, 15) is 17.6 Å². The van der Waals surface area contributed by atoms with Crippen LogP contribution >= 0.6 is 0 Å². The van der Waals surface area contributed by atoms with Gasteiger partial charge in [-0.3, -0.25) is 9.52 Å². The van der Waals surface area contributed by atoms with Gasteiger partial charge in [0.05, 0.1) is 11.5 Å². The molecule has 0 aliphatic carbocycles. The summed E-state index contributed by atoms with van der Waals surface area (Å²) in [5.41, 5.74) is 1.38. The standard InChI is InChI=1S/C23H23FN2O4S/c1-3-30-21-13-11-20(12-14-21)25-31(28,29)22-6-4-5-18(15-22)23(27)26(2)16-17-7-9-19(24)10-8-17/h4-15,25H,3,16H2,1-2H3. The van der Waals surface area contributed by atoms with Crippen LogP contribution in [0.1, 0.15) is 22.8 Å². The molecule has 0 spiro atoms. The van der Waals surface area contributed by atoms with Gasteiger partial charge in [0.15, 0.2) is 0 Å². The molecule has 162 valence electrons. The molecular formula is C23H23FN2O4S. The van der Waals surface area contributed by atoms with Crippen molar-refractivity contribution in [3.05, 3.63) is 89.7 Å². The number of nitrogens with one attached hydrogen (secondary N) is 1. The lowest BCUT2D eigenvalue weighted by atomic mass is 10.1. The second kappa shape index (κ2) is 9.61. The van der Waals surface area contributed by atoms with Crippen LogP contribution in [0, 0.1) is 5.82 Å². The van der Waals surface area contributed by atoms with Crippen molar-refractivity contribution in [3.8, 4) is 5.75 Å². The van der Waals surface area contributed by atoms with Gasteiger partial charge in [-0.2, -0.15) is 0 Å². The van der Waals surface area contributed by atoms with Gasteiger partial charge in [-0.05, 0) is 67.1 Å². The number of halogens is 1. The molecule has 1 N–H and O–H groups in total. The van der Waals surface area contributed by atoms with Crippen molar-refractivity contribution in [3.63, 3.8) is 0 Å². The second-order valence-electron chi connectivity index (χ2n) is 6.88. The lowest BCUT2D eigenvalue weighted by Crippen LogP contribution is -2.26. The van der Waals surface area contributed by atoms with Crippen LogP contribution in [0.5, 0.6) is 5.75 Å². The molecule has 31 heavy (non-hydrogen) atoms. The van der Waals surface area contributed by atoms with Crippen LogP contribution < -0.4 is 9.46 Å². The fourth-order valence-electron chi connectivity index (χ4n) is 2.95. The Labute approximate surface area is 181 Å². The van der Waals surface area contributed by atoms with E-state index < -0.39 is 10.0 Å². The number of carbonyl (C=O) groups is 1. The predicted molar refractivity (Wildman–Crippen MR) is 117 cm³/mol. The average Bonchev–Trinajstić information content (AvgIpc) is 2.76. The molecule has 0 aliphatic heterocycles. The second-order valence-corrected chi connectivity index (χ2v) is 8.56. The van der Waals surface area contributed by atoms with E-state index in [2.05, 4.69) is 4.72 Å². The number of hydrogen-bond acceptors (Lipinski definition) is 4. The molecule has 6 nitrogen and oxygen atoms in total. The molecule has 8 heteroatoms. The third-order valence-electron chi connectivity index (χ3n) is 4.49. The Balaban J connectivity index is 1.74. The summed E-state index contributed by atoms with van der Waals surface area (Å²) in [7, 11) is -2.28. The van der Waals surface area contributed by atoms with Crippen molar-refractivity contribution in [2.45, 2.75) is 18.4 Å². The number of rotatable bonds is 8. The van der Waals surface area contributed by atoms with Crippen molar-refractivity contribution < 1.29 is 22.3 Å². The van der Waals surface area contributed by atoms with E-state index in [4.69, 9.17) is 4.74 Å². The minimum absolute atomic E-state index is 0.0255. The first-order valence-electron chi connectivity index (χ1n) is 9.64. The summed E-state index contributed by atoms with van der Waals surface area (Å²) >= 11 is 0. The summed E-state index contributed by atoms with van der Waals surface area (Å²) in [5.74, 6) is -0.0552. The molecule has 3 aromatic carbocycles. The van der Waals surface area contributed by atoms with E-state index in [1.807, 2.05) is 6.92 Å². The Morgan fingerprint density at radius 3 is 2.35 bits per heavy atom. The van der Waals surface area contributed by atoms with Crippen LogP contribution in [0.4, 0.5) is 10.1 Å². The highest BCUT2D eigenvalue weighted by Gasteiger charge is 2.18. The van der Waals surface area contributed by atoms with Gasteiger partial charge in [-0.25, -0.2) is 12.8 Å². The Morgan fingerprint density at radius 2 is 1.71 bits per heavy atom. The van der Waals surface area contributed by atoms with E-state index in [1.165, 1.54) is 35.2 Å². The van der Waals surface area contributed by atoms with Crippen molar-refractivity contribution in [2.75, 3.05) is 18.4 Å². The normalized spacial score (nSPS) is 11.1. The van der Waals surface area contributed by atoms with Gasteiger partial charge in [0, 0.05) is 24.8 Å². The van der Waals surface area contributed by atoms with E-state index in [1.54, 1.807) is 49.5 Å². The van der Waals surface area contributed by atoms with Gasteiger partial charge in [0.1, 0.15) is 11.6 Å². The zero-order chi connectivity index (χ0) is 22.4. The minimum atomic E-state index is -3.89. The number of benzene rings is 3. The van der Waals surface area contributed by atoms with Crippen LogP contribution in [0.25, 0.3) is 0 Å². The zero-order valence-electron chi connectivity index (χ0n) is 17.2. The fourth-order valence-corrected chi connectivity index (χ4v) is 4.06. The van der Waals surface area contributed by atoms with E-state index in [0.29, 0.717) is 18.0 Å². The van der Waals surface area contributed by atoms with Gasteiger partial charge in [-0.15, -0.1) is 0 Å². The molecule has 0 fully saturated rings. The van der Waals surface area contributed by atoms with E-state index in [0.717, 1.165) is 5.56 Å². The molecule has 0 heterocycles. The SMILES string of the molecule is CCOc1ccc(NS(=O)(=O)c2cccc(C(=O)N(C)Cc3ccc(F)cc3)c2)cc1. The average molecular weight is 443 g/mol. The highest BCUT2D eigenvalue weighted by atomic mass is 32.2. The summed E-state index contributed by atoms with van der Waals surface area (Å²) in [4.78, 5) is 14.2. The fraction of sp³-hybridized carbons (Fsp3) is 0.174. The quantitative estimate of drug-likeness (QED) is 0.565. The third kappa shape index (κ3) is 5.82. The monoisotopic (exact) mass is 442 g/mol. The Bertz CT molecular complexity index is 1150. The number of sulfonamides is 1. The Morgan fingerprint density at radius 1 is 1.03 bits per heavy atom. The van der Waals surface area contributed by atoms with Crippen molar-refractivity contribution in [1.29, 1.82) is 0 Å². The minimum Gasteiger partial charge on any atom is -0.494 e. The molecule has 0 unspecified atom stereocenters. The van der Waals surface area contributed by atoms with Crippen LogP contribution in [0.2, 0.25) is 0 Å². The van der Waals surface area contributed by atoms with Crippen LogP contribution in [0.3, 0.4) is 0 Å². The predicted octanol–water partition coefficient (Wildman–Crippen LogP) is 4.30. The topological polar surface area (TPSA) is 75.7 Å². The molecule has 3 rings (SSSR count). The number of nitrogens with zero attached hydrogens (tertiary/aromatic N) is 1. The largest absolute Gasteiger partial charge is 0.494 e. The number of carbonyl (C=O) groups excluding carboxylic acids is 1. The molecular weight excluding hydrogens is 419 g/mol. The Kier molecular flexibility index (Phi) is 6.91. The van der Waals surface area contributed by atoms with Crippen LogP contribution in [0.15, 0.2) is 77.7 Å². The summed E-state index contributed by atoms with van der Waals surface area (Å²) in [6, 6.07) is 18.2. The number of ether oxygens (including phenoxy) is 1. The summed E-state index contributed by atoms with van der Waals surface area (Å²) < 4.78 is 46.5. The summed E-state index contributed by atoms with van der Waals surface area (Å²) in [6.45, 7) is 2.64. The highest BCUT2D eigenvalue weighted by molar-refractivity contribution is 7.92. The first-order chi connectivity index (χ1) is 14.8. The highest BCUT2D eigenvalue weighted by Crippen LogP contribution is 2.21. The molecule has 0 saturated carbocycles. The third-order valence-corrected chi connectivity index (χ3v) is 5.87. The molecule has 0 saturated heterocycles. The van der Waals surface area contributed by atoms with Crippen molar-refractivity contribution in [1.82, 2.24) is 4.90 Å². The molecule has 0 aromatic heterocycles. The first kappa shape index (κ1) is 22.3. The van der Waals surface area contributed by atoms with Crippen LogP contribution in [-0.2, 0) is 16.6 Å². The maximum atomic E-state index is 13.1. The summed E-state index contributed by atoms with van der Waals surface area (Å²) in [5, 5.41) is 0. The smallest absolute Gasteiger partial charge is 0.261 e. The van der Waals surface area contributed by atoms with E-state index in [-0.39, 0.29) is 28.7 Å². The first-order valence-corrected chi connectivity index (χ1v) is 11.1. The molecule has 0 aliphatic rings. The molecule has 0 atom stereocenters. The Hall–Kier alpha value is -3.39. The number of anilines is 1. The maximum absolute atomic E-state index is 13.1. The molecule has 3 aromatic rings.